The molecule has 10 heteroatoms. The summed E-state index contributed by atoms with van der Waals surface area (Å²) >= 11 is 13.2. The van der Waals surface area contributed by atoms with Crippen LogP contribution in [-0.4, -0.2) is 55.2 Å². The third kappa shape index (κ3) is 4.73. The summed E-state index contributed by atoms with van der Waals surface area (Å²) in [7, 11) is 0. The number of rotatable bonds is 5. The lowest BCUT2D eigenvalue weighted by Crippen LogP contribution is -2.43. The highest BCUT2D eigenvalue weighted by Gasteiger charge is 2.24. The summed E-state index contributed by atoms with van der Waals surface area (Å²) in [4.78, 5) is 21.2. The van der Waals surface area contributed by atoms with Crippen molar-refractivity contribution in [3.8, 4) is 0 Å². The van der Waals surface area contributed by atoms with E-state index in [2.05, 4.69) is 9.88 Å². The van der Waals surface area contributed by atoms with E-state index in [1.54, 1.807) is 0 Å². The van der Waals surface area contributed by atoms with Crippen molar-refractivity contribution in [2.24, 2.45) is 0 Å². The Kier molecular flexibility index (Phi) is 6.50. The Morgan fingerprint density at radius 1 is 1.13 bits per heavy atom. The maximum atomic E-state index is 14.2. The summed E-state index contributed by atoms with van der Waals surface area (Å²) < 4.78 is 33.5. The molecule has 4 rings (SSSR count). The number of thiazole rings is 1. The first-order chi connectivity index (χ1) is 14.4. The van der Waals surface area contributed by atoms with Gasteiger partial charge in [-0.1, -0.05) is 34.5 Å². The molecule has 158 valence electrons. The molecule has 0 radical (unpaired) electrons. The molecule has 1 amide bonds. The third-order valence-corrected chi connectivity index (χ3v) is 6.19. The lowest BCUT2D eigenvalue weighted by atomic mass is 10.2. The summed E-state index contributed by atoms with van der Waals surface area (Å²) in [5.41, 5.74) is 0.324. The highest BCUT2D eigenvalue weighted by molar-refractivity contribution is 7.22. The van der Waals surface area contributed by atoms with E-state index in [9.17, 15) is 13.6 Å². The lowest BCUT2D eigenvalue weighted by Gasteiger charge is -2.29. The number of hydrogen-bond donors (Lipinski definition) is 0. The number of fused-ring (bicyclic) bond motifs is 1. The van der Waals surface area contributed by atoms with Gasteiger partial charge in [0.1, 0.15) is 11.3 Å². The number of carbonyl (C=O) groups is 1. The van der Waals surface area contributed by atoms with E-state index in [4.69, 9.17) is 27.9 Å². The van der Waals surface area contributed by atoms with Crippen molar-refractivity contribution >= 4 is 55.8 Å². The quantitative estimate of drug-likeness (QED) is 0.532. The van der Waals surface area contributed by atoms with Crippen molar-refractivity contribution in [3.05, 3.63) is 57.6 Å². The molecule has 0 bridgehead atoms. The highest BCUT2D eigenvalue weighted by Crippen LogP contribution is 2.32. The zero-order chi connectivity index (χ0) is 21.3. The van der Waals surface area contributed by atoms with Crippen molar-refractivity contribution in [2.75, 3.05) is 44.3 Å². The molecule has 1 aliphatic heterocycles. The van der Waals surface area contributed by atoms with Crippen LogP contribution < -0.4 is 4.90 Å². The molecule has 5 nitrogen and oxygen atoms in total. The van der Waals surface area contributed by atoms with Gasteiger partial charge >= 0.3 is 0 Å². The molecule has 1 saturated heterocycles. The smallest absolute Gasteiger partial charge is 0.260 e. The summed E-state index contributed by atoms with van der Waals surface area (Å²) in [6.45, 7) is 3.66. The summed E-state index contributed by atoms with van der Waals surface area (Å²) in [6.07, 6.45) is 0. The molecule has 0 atom stereocenters. The Morgan fingerprint density at radius 3 is 2.53 bits per heavy atom. The molecule has 0 spiro atoms. The van der Waals surface area contributed by atoms with Gasteiger partial charge in [0.25, 0.3) is 5.91 Å². The van der Waals surface area contributed by atoms with Gasteiger partial charge in [-0.2, -0.15) is 0 Å². The van der Waals surface area contributed by atoms with Gasteiger partial charge in [0.05, 0.1) is 17.9 Å². The molecule has 0 aliphatic carbocycles. The van der Waals surface area contributed by atoms with Crippen LogP contribution in [-0.2, 0) is 4.74 Å². The van der Waals surface area contributed by atoms with Gasteiger partial charge in [-0.3, -0.25) is 14.6 Å². The Balaban J connectivity index is 1.69. The predicted molar refractivity (Wildman–Crippen MR) is 115 cm³/mol. The normalized spacial score (nSPS) is 14.9. The standard InChI is InChI=1S/C20H17Cl2F2N3O2S/c21-13-7-12(8-14(22)9-13)19(28)27(2-1-26-3-5-29-6-4-26)20-25-18-16(24)10-15(23)11-17(18)30-20/h7-11H,1-6H2. The van der Waals surface area contributed by atoms with Gasteiger partial charge < -0.3 is 4.74 Å². The Morgan fingerprint density at radius 2 is 1.83 bits per heavy atom. The van der Waals surface area contributed by atoms with E-state index in [-0.39, 0.29) is 16.6 Å². The van der Waals surface area contributed by atoms with Crippen LogP contribution in [0.2, 0.25) is 10.0 Å². The minimum Gasteiger partial charge on any atom is -0.379 e. The fraction of sp³-hybridized carbons (Fsp3) is 0.300. The molecule has 3 aromatic rings. The van der Waals surface area contributed by atoms with Gasteiger partial charge in [0.2, 0.25) is 0 Å². The van der Waals surface area contributed by atoms with E-state index >= 15 is 0 Å². The first-order valence-corrected chi connectivity index (χ1v) is 10.8. The van der Waals surface area contributed by atoms with Gasteiger partial charge in [-0.25, -0.2) is 13.8 Å². The van der Waals surface area contributed by atoms with Crippen molar-refractivity contribution in [1.29, 1.82) is 0 Å². The van der Waals surface area contributed by atoms with Gasteiger partial charge in [0.15, 0.2) is 10.9 Å². The summed E-state index contributed by atoms with van der Waals surface area (Å²) in [5, 5.41) is 0.941. The predicted octanol–water partition coefficient (Wildman–Crippen LogP) is 4.86. The number of morpholine rings is 1. The molecule has 1 aliphatic rings. The van der Waals surface area contributed by atoms with Crippen molar-refractivity contribution in [2.45, 2.75) is 0 Å². The fourth-order valence-electron chi connectivity index (χ4n) is 3.24. The van der Waals surface area contributed by atoms with E-state index in [0.29, 0.717) is 46.6 Å². The number of amides is 1. The molecular formula is C20H17Cl2F2N3O2S. The van der Waals surface area contributed by atoms with Crippen LogP contribution in [0, 0.1) is 11.6 Å². The second kappa shape index (κ2) is 9.11. The number of hydrogen-bond acceptors (Lipinski definition) is 5. The Labute approximate surface area is 185 Å². The number of benzene rings is 2. The van der Waals surface area contributed by atoms with Crippen LogP contribution in [0.3, 0.4) is 0 Å². The number of anilines is 1. The average molecular weight is 472 g/mol. The summed E-state index contributed by atoms with van der Waals surface area (Å²) in [6, 6.07) is 6.56. The first-order valence-electron chi connectivity index (χ1n) is 9.24. The molecule has 2 aromatic carbocycles. The minimum absolute atomic E-state index is 0.0321. The molecule has 1 aromatic heterocycles. The van der Waals surface area contributed by atoms with Crippen LogP contribution in [0.1, 0.15) is 10.4 Å². The van der Waals surface area contributed by atoms with Crippen LogP contribution in [0.15, 0.2) is 30.3 Å². The largest absolute Gasteiger partial charge is 0.379 e. The zero-order valence-electron chi connectivity index (χ0n) is 15.7. The second-order valence-electron chi connectivity index (χ2n) is 6.80. The molecule has 0 N–H and O–H groups in total. The molecule has 30 heavy (non-hydrogen) atoms. The van der Waals surface area contributed by atoms with Crippen LogP contribution in [0.5, 0.6) is 0 Å². The zero-order valence-corrected chi connectivity index (χ0v) is 18.0. The molecule has 2 heterocycles. The SMILES string of the molecule is O=C(c1cc(Cl)cc(Cl)c1)N(CCN1CCOCC1)c1nc2c(F)cc(F)cc2s1. The minimum atomic E-state index is -0.765. The fourth-order valence-corrected chi connectivity index (χ4v) is 4.80. The Bertz CT molecular complexity index is 1070. The maximum Gasteiger partial charge on any atom is 0.260 e. The van der Waals surface area contributed by atoms with Crippen molar-refractivity contribution < 1.29 is 18.3 Å². The van der Waals surface area contributed by atoms with E-state index in [0.717, 1.165) is 30.5 Å². The van der Waals surface area contributed by atoms with Crippen LogP contribution in [0.4, 0.5) is 13.9 Å². The highest BCUT2D eigenvalue weighted by atomic mass is 35.5. The molecule has 0 saturated carbocycles. The van der Waals surface area contributed by atoms with E-state index in [1.807, 2.05) is 0 Å². The second-order valence-corrected chi connectivity index (χ2v) is 8.68. The maximum absolute atomic E-state index is 14.2. The topological polar surface area (TPSA) is 45.7 Å². The van der Waals surface area contributed by atoms with Crippen LogP contribution in [0.25, 0.3) is 10.2 Å². The number of carbonyl (C=O) groups excluding carboxylic acids is 1. The number of nitrogens with zero attached hydrogens (tertiary/aromatic N) is 3. The van der Waals surface area contributed by atoms with Crippen molar-refractivity contribution in [3.63, 3.8) is 0 Å². The Hall–Kier alpha value is -1.84. The molecule has 1 fully saturated rings. The molecule has 0 unspecified atom stereocenters. The monoisotopic (exact) mass is 471 g/mol. The number of halogens is 4. The van der Waals surface area contributed by atoms with Crippen LogP contribution >= 0.6 is 34.5 Å². The van der Waals surface area contributed by atoms with Gasteiger partial charge in [0, 0.05) is 47.9 Å². The van der Waals surface area contributed by atoms with Crippen molar-refractivity contribution in [1.82, 2.24) is 9.88 Å². The molecular weight excluding hydrogens is 455 g/mol. The van der Waals surface area contributed by atoms with E-state index in [1.165, 1.54) is 29.2 Å². The van der Waals surface area contributed by atoms with Gasteiger partial charge in [-0.15, -0.1) is 0 Å². The first kappa shape index (κ1) is 21.4. The summed E-state index contributed by atoms with van der Waals surface area (Å²) in [5.74, 6) is -1.82. The van der Waals surface area contributed by atoms with E-state index < -0.39 is 11.6 Å². The third-order valence-electron chi connectivity index (χ3n) is 4.73. The number of aromatic nitrogens is 1. The lowest BCUT2D eigenvalue weighted by molar-refractivity contribution is 0.0391. The van der Waals surface area contributed by atoms with Gasteiger partial charge in [-0.05, 0) is 24.3 Å². The number of ether oxygens (including phenoxy) is 1. The average Bonchev–Trinajstić information content (AvgIpc) is 3.12.